The standard InChI is InChI=1S/C15H32O2S2Si/c1-12(17-20(6,7)14(3,4)5)11-15(13(2)16)18-9-8-10-19-15/h12-13,16H,8-11H2,1-7H3. The fourth-order valence-electron chi connectivity index (χ4n) is 2.24. The van der Waals surface area contributed by atoms with Crippen molar-refractivity contribution in [2.24, 2.45) is 0 Å². The van der Waals surface area contributed by atoms with Crippen LogP contribution in [-0.4, -0.2) is 41.2 Å². The van der Waals surface area contributed by atoms with Gasteiger partial charge in [-0.05, 0) is 56.3 Å². The highest BCUT2D eigenvalue weighted by atomic mass is 32.2. The molecule has 1 N–H and O–H groups in total. The van der Waals surface area contributed by atoms with Crippen LogP contribution in [0.4, 0.5) is 0 Å². The van der Waals surface area contributed by atoms with Gasteiger partial charge in [-0.25, -0.2) is 0 Å². The Bertz CT molecular complexity index is 307. The van der Waals surface area contributed by atoms with Gasteiger partial charge in [0, 0.05) is 6.10 Å². The van der Waals surface area contributed by atoms with Gasteiger partial charge in [-0.1, -0.05) is 20.8 Å². The summed E-state index contributed by atoms with van der Waals surface area (Å²) in [7, 11) is -1.72. The number of rotatable bonds is 5. The molecule has 0 aromatic heterocycles. The SMILES string of the molecule is CC(CC1(C(C)O)SCCCS1)O[Si](C)(C)C(C)(C)C. The molecule has 5 heteroatoms. The molecule has 0 amide bonds. The smallest absolute Gasteiger partial charge is 0.192 e. The Labute approximate surface area is 135 Å². The highest BCUT2D eigenvalue weighted by Crippen LogP contribution is 2.49. The lowest BCUT2D eigenvalue weighted by Crippen LogP contribution is -2.46. The summed E-state index contributed by atoms with van der Waals surface area (Å²) in [6.45, 7) is 15.6. The lowest BCUT2D eigenvalue weighted by Gasteiger charge is -2.43. The van der Waals surface area contributed by atoms with E-state index < -0.39 is 8.32 Å². The van der Waals surface area contributed by atoms with Crippen molar-refractivity contribution in [3.63, 3.8) is 0 Å². The van der Waals surface area contributed by atoms with Crippen LogP contribution in [0.2, 0.25) is 18.1 Å². The van der Waals surface area contributed by atoms with E-state index in [1.54, 1.807) is 0 Å². The number of thioether (sulfide) groups is 2. The van der Waals surface area contributed by atoms with E-state index in [0.29, 0.717) is 0 Å². The van der Waals surface area contributed by atoms with Crippen molar-refractivity contribution in [2.45, 2.75) is 81.9 Å². The minimum Gasteiger partial charge on any atom is -0.414 e. The van der Waals surface area contributed by atoms with Crippen LogP contribution in [0.15, 0.2) is 0 Å². The maximum absolute atomic E-state index is 10.2. The second-order valence-electron chi connectivity index (χ2n) is 7.43. The molecule has 2 atom stereocenters. The van der Waals surface area contributed by atoms with Crippen LogP contribution in [0, 0.1) is 0 Å². The molecule has 1 fully saturated rings. The minimum atomic E-state index is -1.72. The van der Waals surface area contributed by atoms with E-state index in [4.69, 9.17) is 4.43 Å². The maximum Gasteiger partial charge on any atom is 0.192 e. The van der Waals surface area contributed by atoms with Crippen molar-refractivity contribution in [3.05, 3.63) is 0 Å². The molecule has 0 aliphatic carbocycles. The van der Waals surface area contributed by atoms with Crippen molar-refractivity contribution in [1.29, 1.82) is 0 Å². The zero-order valence-electron chi connectivity index (χ0n) is 14.2. The molecule has 0 aromatic rings. The summed E-state index contributed by atoms with van der Waals surface area (Å²) in [6.07, 6.45) is 2.11. The molecule has 1 aliphatic heterocycles. The number of aliphatic hydroxyl groups excluding tert-OH is 1. The Balaban J connectivity index is 2.70. The molecule has 20 heavy (non-hydrogen) atoms. The second-order valence-corrected chi connectivity index (χ2v) is 15.3. The van der Waals surface area contributed by atoms with E-state index in [0.717, 1.165) is 17.9 Å². The van der Waals surface area contributed by atoms with E-state index in [9.17, 15) is 5.11 Å². The quantitative estimate of drug-likeness (QED) is 0.735. The van der Waals surface area contributed by atoms with Gasteiger partial charge < -0.3 is 9.53 Å². The van der Waals surface area contributed by atoms with E-state index in [1.165, 1.54) is 6.42 Å². The zero-order valence-corrected chi connectivity index (χ0v) is 16.8. The molecule has 0 bridgehead atoms. The van der Waals surface area contributed by atoms with E-state index in [1.807, 2.05) is 30.4 Å². The summed E-state index contributed by atoms with van der Waals surface area (Å²) >= 11 is 3.86. The highest BCUT2D eigenvalue weighted by molar-refractivity contribution is 8.18. The molecule has 1 aliphatic rings. The molecule has 2 nitrogen and oxygen atoms in total. The van der Waals surface area contributed by atoms with E-state index in [-0.39, 0.29) is 21.3 Å². The Morgan fingerprint density at radius 2 is 1.70 bits per heavy atom. The van der Waals surface area contributed by atoms with Crippen LogP contribution >= 0.6 is 23.5 Å². The van der Waals surface area contributed by atoms with Gasteiger partial charge in [-0.15, -0.1) is 23.5 Å². The topological polar surface area (TPSA) is 29.5 Å². The van der Waals surface area contributed by atoms with Crippen LogP contribution in [0.25, 0.3) is 0 Å². The first-order chi connectivity index (χ1) is 9.00. The highest BCUT2D eigenvalue weighted by Gasteiger charge is 2.43. The van der Waals surface area contributed by atoms with Crippen molar-refractivity contribution < 1.29 is 9.53 Å². The van der Waals surface area contributed by atoms with Crippen LogP contribution in [0.3, 0.4) is 0 Å². The fourth-order valence-corrected chi connectivity index (χ4v) is 7.16. The van der Waals surface area contributed by atoms with Gasteiger partial charge in [0.1, 0.15) is 0 Å². The minimum absolute atomic E-state index is 0.0694. The summed E-state index contributed by atoms with van der Waals surface area (Å²) in [5.74, 6) is 2.31. The van der Waals surface area contributed by atoms with Crippen LogP contribution in [0.1, 0.15) is 47.5 Å². The van der Waals surface area contributed by atoms with Crippen molar-refractivity contribution in [3.8, 4) is 0 Å². The number of hydrogen-bond donors (Lipinski definition) is 1. The van der Waals surface area contributed by atoms with Crippen molar-refractivity contribution in [1.82, 2.24) is 0 Å². The lowest BCUT2D eigenvalue weighted by molar-refractivity contribution is 0.133. The maximum atomic E-state index is 10.2. The molecule has 0 spiro atoms. The summed E-state index contributed by atoms with van der Waals surface area (Å²) < 4.78 is 6.41. The Morgan fingerprint density at radius 1 is 1.20 bits per heavy atom. The van der Waals surface area contributed by atoms with E-state index in [2.05, 4.69) is 40.8 Å². The van der Waals surface area contributed by atoms with Crippen LogP contribution < -0.4 is 0 Å². The van der Waals surface area contributed by atoms with E-state index >= 15 is 0 Å². The molecular formula is C15H32O2S2Si. The Morgan fingerprint density at radius 3 is 2.10 bits per heavy atom. The van der Waals surface area contributed by atoms with Crippen molar-refractivity contribution in [2.75, 3.05) is 11.5 Å². The van der Waals surface area contributed by atoms with Gasteiger partial charge in [-0.2, -0.15) is 0 Å². The predicted molar refractivity (Wildman–Crippen MR) is 96.3 cm³/mol. The third kappa shape index (κ3) is 4.67. The zero-order chi connectivity index (χ0) is 15.6. The molecule has 0 radical (unpaired) electrons. The monoisotopic (exact) mass is 336 g/mol. The van der Waals surface area contributed by atoms with Gasteiger partial charge in [0.15, 0.2) is 8.32 Å². The first kappa shape index (κ1) is 18.9. The predicted octanol–water partition coefficient (Wildman–Crippen LogP) is 4.73. The average molecular weight is 337 g/mol. The van der Waals surface area contributed by atoms with Gasteiger partial charge in [-0.3, -0.25) is 0 Å². The molecule has 120 valence electrons. The second kappa shape index (κ2) is 6.94. The molecule has 0 aromatic carbocycles. The van der Waals surface area contributed by atoms with Crippen LogP contribution in [-0.2, 0) is 4.43 Å². The van der Waals surface area contributed by atoms with Gasteiger partial charge >= 0.3 is 0 Å². The number of hydrogen-bond acceptors (Lipinski definition) is 4. The van der Waals surface area contributed by atoms with Gasteiger partial charge in [0.25, 0.3) is 0 Å². The molecule has 2 unspecified atom stereocenters. The molecule has 0 saturated carbocycles. The summed E-state index contributed by atoms with van der Waals surface area (Å²) in [6, 6.07) is 0. The Hall–Kier alpha value is 0.837. The normalized spacial score (nSPS) is 23.4. The third-order valence-corrected chi connectivity index (χ3v) is 12.8. The Kier molecular flexibility index (Phi) is 6.56. The van der Waals surface area contributed by atoms with Gasteiger partial charge in [0.2, 0.25) is 0 Å². The summed E-state index contributed by atoms with van der Waals surface area (Å²) in [5.41, 5.74) is 0. The summed E-state index contributed by atoms with van der Waals surface area (Å²) in [4.78, 5) is 0. The molecular weight excluding hydrogens is 304 g/mol. The molecule has 1 heterocycles. The summed E-state index contributed by atoms with van der Waals surface area (Å²) in [5, 5.41) is 10.5. The average Bonchev–Trinajstić information content (AvgIpc) is 2.27. The first-order valence-electron chi connectivity index (χ1n) is 7.64. The number of aliphatic hydroxyl groups is 1. The first-order valence-corrected chi connectivity index (χ1v) is 12.5. The van der Waals surface area contributed by atoms with Crippen LogP contribution in [0.5, 0.6) is 0 Å². The van der Waals surface area contributed by atoms with Gasteiger partial charge in [0.05, 0.1) is 10.2 Å². The molecule has 1 saturated heterocycles. The lowest BCUT2D eigenvalue weighted by atomic mass is 10.1. The molecule has 1 rings (SSSR count). The van der Waals surface area contributed by atoms with Crippen molar-refractivity contribution >= 4 is 31.8 Å². The fraction of sp³-hybridized carbons (Fsp3) is 1.00. The third-order valence-electron chi connectivity index (χ3n) is 4.49. The largest absolute Gasteiger partial charge is 0.414 e.